The van der Waals surface area contributed by atoms with Crippen LogP contribution in [0.25, 0.3) is 0 Å². The maximum atomic E-state index is 14.1. The lowest BCUT2D eigenvalue weighted by molar-refractivity contribution is -0.145. The molecule has 1 N–H and O–H groups in total. The van der Waals surface area contributed by atoms with Gasteiger partial charge in [0.15, 0.2) is 0 Å². The third-order valence-corrected chi connectivity index (χ3v) is 4.30. The van der Waals surface area contributed by atoms with Crippen LogP contribution in [0.4, 0.5) is 8.78 Å². The highest BCUT2D eigenvalue weighted by molar-refractivity contribution is 9.10. The minimum Gasteiger partial charge on any atom is -0.496 e. The van der Waals surface area contributed by atoms with E-state index in [0.717, 1.165) is 5.56 Å². The van der Waals surface area contributed by atoms with Crippen LogP contribution in [0.2, 0.25) is 0 Å². The van der Waals surface area contributed by atoms with Crippen molar-refractivity contribution in [3.63, 3.8) is 0 Å². The summed E-state index contributed by atoms with van der Waals surface area (Å²) in [4.78, 5) is 10.6. The summed E-state index contributed by atoms with van der Waals surface area (Å²) in [5.41, 5.74) is 1.29. The summed E-state index contributed by atoms with van der Waals surface area (Å²) in [6.07, 6.45) is -1.26. The molecule has 0 saturated carbocycles. The smallest absolute Gasteiger partial charge is 0.309 e. The summed E-state index contributed by atoms with van der Waals surface area (Å²) in [6.45, 7) is 4.97. The van der Waals surface area contributed by atoms with Gasteiger partial charge in [-0.3, -0.25) is 4.79 Å². The van der Waals surface area contributed by atoms with Crippen LogP contribution in [-0.2, 0) is 10.7 Å². The van der Waals surface area contributed by atoms with Crippen molar-refractivity contribution in [2.45, 2.75) is 33.1 Å². The molecule has 0 aliphatic rings. The molecule has 19 heavy (non-hydrogen) atoms. The molecule has 106 valence electrons. The molecule has 0 aromatic heterocycles. The first-order valence-electron chi connectivity index (χ1n) is 5.56. The number of alkyl halides is 2. The number of carboxylic acid groups (broad SMARTS) is 1. The van der Waals surface area contributed by atoms with Crippen LogP contribution in [0.5, 0.6) is 5.75 Å². The number of aliphatic carboxylic acids is 1. The number of hydrogen-bond acceptors (Lipinski definition) is 2. The molecular weight excluding hydrogens is 322 g/mol. The third kappa shape index (κ3) is 2.88. The minimum absolute atomic E-state index is 0.0458. The van der Waals surface area contributed by atoms with Crippen molar-refractivity contribution in [3.05, 3.63) is 26.7 Å². The highest BCUT2D eigenvalue weighted by atomic mass is 79.9. The summed E-state index contributed by atoms with van der Waals surface area (Å²) in [5.74, 6) is -4.99. The first-order chi connectivity index (χ1) is 8.63. The zero-order valence-electron chi connectivity index (χ0n) is 11.1. The summed E-state index contributed by atoms with van der Waals surface area (Å²) >= 11 is 3.27. The molecule has 0 heterocycles. The Morgan fingerprint density at radius 2 is 1.79 bits per heavy atom. The van der Waals surface area contributed by atoms with Crippen LogP contribution in [0.15, 0.2) is 4.47 Å². The Hall–Kier alpha value is -1.17. The van der Waals surface area contributed by atoms with E-state index in [2.05, 4.69) is 15.9 Å². The Labute approximate surface area is 118 Å². The molecule has 1 aromatic rings. The van der Waals surface area contributed by atoms with E-state index in [9.17, 15) is 13.6 Å². The molecule has 0 spiro atoms. The van der Waals surface area contributed by atoms with Crippen LogP contribution in [0.1, 0.15) is 28.7 Å². The van der Waals surface area contributed by atoms with Crippen LogP contribution < -0.4 is 4.74 Å². The molecule has 0 aliphatic heterocycles. The fourth-order valence-electron chi connectivity index (χ4n) is 2.06. The van der Waals surface area contributed by atoms with Crippen LogP contribution in [0.3, 0.4) is 0 Å². The SMILES string of the molecule is COc1c(C)c(C)c(Br)c(C)c1C(F)(F)CC(=O)O. The van der Waals surface area contributed by atoms with Gasteiger partial charge in [-0.2, -0.15) is 0 Å². The third-order valence-electron chi connectivity index (χ3n) is 3.11. The maximum absolute atomic E-state index is 14.1. The van der Waals surface area contributed by atoms with E-state index >= 15 is 0 Å². The fraction of sp³-hybridized carbons (Fsp3) is 0.462. The number of benzene rings is 1. The van der Waals surface area contributed by atoms with Crippen molar-refractivity contribution in [2.75, 3.05) is 7.11 Å². The highest BCUT2D eigenvalue weighted by Gasteiger charge is 2.40. The Balaban J connectivity index is 3.63. The van der Waals surface area contributed by atoms with Gasteiger partial charge in [-0.05, 0) is 37.5 Å². The van der Waals surface area contributed by atoms with E-state index in [4.69, 9.17) is 9.84 Å². The molecule has 3 nitrogen and oxygen atoms in total. The highest BCUT2D eigenvalue weighted by Crippen LogP contribution is 2.45. The Bertz CT molecular complexity index is 527. The second kappa shape index (κ2) is 5.45. The van der Waals surface area contributed by atoms with Gasteiger partial charge >= 0.3 is 5.97 Å². The van der Waals surface area contributed by atoms with Gasteiger partial charge in [-0.25, -0.2) is 8.78 Å². The molecule has 0 bridgehead atoms. The average molecular weight is 337 g/mol. The average Bonchev–Trinajstić information content (AvgIpc) is 2.28. The fourth-order valence-corrected chi connectivity index (χ4v) is 2.55. The predicted octanol–water partition coefficient (Wildman–Crippen LogP) is 3.95. The van der Waals surface area contributed by atoms with Gasteiger partial charge in [0, 0.05) is 4.47 Å². The van der Waals surface area contributed by atoms with E-state index in [1.165, 1.54) is 14.0 Å². The first-order valence-corrected chi connectivity index (χ1v) is 6.36. The van der Waals surface area contributed by atoms with E-state index in [0.29, 0.717) is 15.6 Å². The van der Waals surface area contributed by atoms with Crippen LogP contribution >= 0.6 is 15.9 Å². The lowest BCUT2D eigenvalue weighted by Crippen LogP contribution is -2.22. The molecular formula is C13H15BrF2O3. The van der Waals surface area contributed by atoms with E-state index in [1.807, 2.05) is 0 Å². The molecule has 0 amide bonds. The zero-order chi connectivity index (χ0) is 15.0. The summed E-state index contributed by atoms with van der Waals surface area (Å²) in [7, 11) is 1.30. The first kappa shape index (κ1) is 15.9. The normalized spacial score (nSPS) is 11.5. The van der Waals surface area contributed by atoms with Gasteiger partial charge in [0.2, 0.25) is 0 Å². The second-order valence-corrected chi connectivity index (χ2v) is 5.17. The van der Waals surface area contributed by atoms with Crippen molar-refractivity contribution in [2.24, 2.45) is 0 Å². The Morgan fingerprint density at radius 1 is 1.26 bits per heavy atom. The second-order valence-electron chi connectivity index (χ2n) is 4.37. The van der Waals surface area contributed by atoms with E-state index in [1.54, 1.807) is 13.8 Å². The topological polar surface area (TPSA) is 46.5 Å². The van der Waals surface area contributed by atoms with Gasteiger partial charge < -0.3 is 9.84 Å². The number of halogens is 3. The molecule has 0 unspecified atom stereocenters. The molecule has 0 fully saturated rings. The molecule has 0 radical (unpaired) electrons. The van der Waals surface area contributed by atoms with Gasteiger partial charge in [-0.1, -0.05) is 15.9 Å². The van der Waals surface area contributed by atoms with Gasteiger partial charge in [-0.15, -0.1) is 0 Å². The van der Waals surface area contributed by atoms with Gasteiger partial charge in [0.1, 0.15) is 12.2 Å². The Morgan fingerprint density at radius 3 is 2.21 bits per heavy atom. The zero-order valence-corrected chi connectivity index (χ0v) is 12.7. The molecule has 0 saturated heterocycles. The lowest BCUT2D eigenvalue weighted by Gasteiger charge is -2.24. The van der Waals surface area contributed by atoms with Crippen molar-refractivity contribution >= 4 is 21.9 Å². The van der Waals surface area contributed by atoms with Crippen LogP contribution in [0, 0.1) is 20.8 Å². The maximum Gasteiger partial charge on any atom is 0.309 e. The lowest BCUT2D eigenvalue weighted by atomic mass is 9.93. The summed E-state index contributed by atoms with van der Waals surface area (Å²) < 4.78 is 33.9. The monoisotopic (exact) mass is 336 g/mol. The quantitative estimate of drug-likeness (QED) is 0.905. The van der Waals surface area contributed by atoms with Gasteiger partial charge in [0.05, 0.1) is 12.7 Å². The molecule has 1 rings (SSSR count). The molecule has 0 atom stereocenters. The predicted molar refractivity (Wildman–Crippen MR) is 71.1 cm³/mol. The number of carboxylic acids is 1. The van der Waals surface area contributed by atoms with Crippen molar-refractivity contribution < 1.29 is 23.4 Å². The van der Waals surface area contributed by atoms with Crippen LogP contribution in [-0.4, -0.2) is 18.2 Å². The molecule has 6 heteroatoms. The standard InChI is InChI=1S/C13H15BrF2O3/c1-6-7(2)12(19-4)10(8(3)11(6)14)13(15,16)5-9(17)18/h5H2,1-4H3,(H,17,18). The largest absolute Gasteiger partial charge is 0.496 e. The Kier molecular flexibility index (Phi) is 4.55. The summed E-state index contributed by atoms with van der Waals surface area (Å²) in [6, 6.07) is 0. The number of rotatable bonds is 4. The number of methoxy groups -OCH3 is 1. The van der Waals surface area contributed by atoms with Crippen molar-refractivity contribution in [1.82, 2.24) is 0 Å². The number of hydrogen-bond donors (Lipinski definition) is 1. The summed E-state index contributed by atoms with van der Waals surface area (Å²) in [5, 5.41) is 8.63. The van der Waals surface area contributed by atoms with Crippen molar-refractivity contribution in [3.8, 4) is 5.75 Å². The van der Waals surface area contributed by atoms with E-state index < -0.39 is 18.3 Å². The molecule has 0 aliphatic carbocycles. The van der Waals surface area contributed by atoms with Crippen molar-refractivity contribution in [1.29, 1.82) is 0 Å². The molecule has 1 aromatic carbocycles. The van der Waals surface area contributed by atoms with E-state index in [-0.39, 0.29) is 11.3 Å². The number of ether oxygens (including phenoxy) is 1. The van der Waals surface area contributed by atoms with Gasteiger partial charge in [0.25, 0.3) is 5.92 Å². The minimum atomic E-state index is -3.48. The number of carbonyl (C=O) groups is 1.